The first-order valence-electron chi connectivity index (χ1n) is 4.91. The van der Waals surface area contributed by atoms with Crippen molar-refractivity contribution in [1.82, 2.24) is 0 Å². The molecule has 0 fully saturated rings. The number of ketones is 1. The predicted molar refractivity (Wildman–Crippen MR) is 60.9 cm³/mol. The highest BCUT2D eigenvalue weighted by Gasteiger charge is 2.19. The maximum atomic E-state index is 11.8. The van der Waals surface area contributed by atoms with Crippen molar-refractivity contribution in [3.63, 3.8) is 0 Å². The monoisotopic (exact) mass is 207 g/mol. The van der Waals surface area contributed by atoms with E-state index in [1.54, 1.807) is 6.07 Å². The molecule has 15 heavy (non-hydrogen) atoms. The number of anilines is 1. The van der Waals surface area contributed by atoms with Crippen LogP contribution in [0.15, 0.2) is 18.2 Å². The fourth-order valence-corrected chi connectivity index (χ4v) is 1.35. The topological polar surface area (TPSA) is 63.3 Å². The van der Waals surface area contributed by atoms with Crippen LogP contribution in [0, 0.1) is 5.41 Å². The summed E-state index contributed by atoms with van der Waals surface area (Å²) < 4.78 is 0. The van der Waals surface area contributed by atoms with E-state index in [9.17, 15) is 9.90 Å². The van der Waals surface area contributed by atoms with Crippen LogP contribution in [0.1, 0.15) is 37.6 Å². The van der Waals surface area contributed by atoms with Gasteiger partial charge in [-0.05, 0) is 23.6 Å². The lowest BCUT2D eigenvalue weighted by molar-refractivity contribution is 0.0937. The number of nitrogens with two attached hydrogens (primary N) is 1. The van der Waals surface area contributed by atoms with E-state index in [1.165, 1.54) is 12.1 Å². The molecule has 0 aliphatic heterocycles. The summed E-state index contributed by atoms with van der Waals surface area (Å²) >= 11 is 0. The van der Waals surface area contributed by atoms with Crippen LogP contribution in [0.5, 0.6) is 5.75 Å². The van der Waals surface area contributed by atoms with Gasteiger partial charge in [0.2, 0.25) is 0 Å². The number of hydrogen-bond donors (Lipinski definition) is 2. The molecule has 0 aliphatic carbocycles. The van der Waals surface area contributed by atoms with Crippen LogP contribution in [0.4, 0.5) is 5.69 Å². The van der Waals surface area contributed by atoms with E-state index < -0.39 is 0 Å². The molecule has 1 aromatic rings. The van der Waals surface area contributed by atoms with Crippen molar-refractivity contribution in [2.75, 3.05) is 5.73 Å². The van der Waals surface area contributed by atoms with E-state index in [0.717, 1.165) is 0 Å². The van der Waals surface area contributed by atoms with Crippen LogP contribution >= 0.6 is 0 Å². The van der Waals surface area contributed by atoms with Crippen LogP contribution in [0.3, 0.4) is 0 Å². The summed E-state index contributed by atoms with van der Waals surface area (Å²) in [5, 5.41) is 9.53. The third kappa shape index (κ3) is 3.27. The standard InChI is InChI=1S/C12H17NO2/c1-12(2,3)7-11(15)9-6-8(13)4-5-10(9)14/h4-6,14H,7,13H2,1-3H3. The van der Waals surface area contributed by atoms with Gasteiger partial charge in [0.1, 0.15) is 5.75 Å². The highest BCUT2D eigenvalue weighted by molar-refractivity contribution is 5.99. The number of benzene rings is 1. The summed E-state index contributed by atoms with van der Waals surface area (Å²) in [7, 11) is 0. The molecule has 1 rings (SSSR count). The summed E-state index contributed by atoms with van der Waals surface area (Å²) in [6.07, 6.45) is 0.393. The largest absolute Gasteiger partial charge is 0.507 e. The lowest BCUT2D eigenvalue weighted by Crippen LogP contribution is -2.13. The molecular formula is C12H17NO2. The van der Waals surface area contributed by atoms with Crippen LogP contribution in [0.25, 0.3) is 0 Å². The number of nitrogen functional groups attached to an aromatic ring is 1. The minimum Gasteiger partial charge on any atom is -0.507 e. The van der Waals surface area contributed by atoms with Crippen molar-refractivity contribution in [2.24, 2.45) is 5.41 Å². The average Bonchev–Trinajstić information content (AvgIpc) is 2.06. The maximum Gasteiger partial charge on any atom is 0.167 e. The Morgan fingerprint density at radius 2 is 2.00 bits per heavy atom. The molecule has 0 aromatic heterocycles. The molecular weight excluding hydrogens is 190 g/mol. The van der Waals surface area contributed by atoms with Crippen molar-refractivity contribution in [1.29, 1.82) is 0 Å². The number of carbonyl (C=O) groups excluding carboxylic acids is 1. The van der Waals surface area contributed by atoms with E-state index >= 15 is 0 Å². The molecule has 3 N–H and O–H groups in total. The number of aromatic hydroxyl groups is 1. The van der Waals surface area contributed by atoms with Gasteiger partial charge in [-0.25, -0.2) is 0 Å². The highest BCUT2D eigenvalue weighted by Crippen LogP contribution is 2.26. The highest BCUT2D eigenvalue weighted by atomic mass is 16.3. The molecule has 0 bridgehead atoms. The predicted octanol–water partition coefficient (Wildman–Crippen LogP) is 2.59. The van der Waals surface area contributed by atoms with Crippen molar-refractivity contribution in [2.45, 2.75) is 27.2 Å². The Hall–Kier alpha value is -1.51. The zero-order valence-electron chi connectivity index (χ0n) is 9.37. The Kier molecular flexibility index (Phi) is 3.03. The van der Waals surface area contributed by atoms with Gasteiger partial charge in [-0.2, -0.15) is 0 Å². The Bertz CT molecular complexity index is 378. The Balaban J connectivity index is 2.96. The minimum absolute atomic E-state index is 0.00144. The molecule has 0 radical (unpaired) electrons. The van der Waals surface area contributed by atoms with Crippen LogP contribution in [0.2, 0.25) is 0 Å². The summed E-state index contributed by atoms with van der Waals surface area (Å²) in [6.45, 7) is 5.94. The van der Waals surface area contributed by atoms with E-state index in [-0.39, 0.29) is 16.9 Å². The molecule has 0 heterocycles. The molecule has 3 heteroatoms. The first-order valence-corrected chi connectivity index (χ1v) is 4.91. The number of rotatable bonds is 2. The molecule has 0 unspecified atom stereocenters. The number of carbonyl (C=O) groups is 1. The number of hydrogen-bond acceptors (Lipinski definition) is 3. The van der Waals surface area contributed by atoms with Gasteiger partial charge in [0, 0.05) is 12.1 Å². The maximum absolute atomic E-state index is 11.8. The van der Waals surface area contributed by atoms with Crippen molar-refractivity contribution in [3.8, 4) is 5.75 Å². The fraction of sp³-hybridized carbons (Fsp3) is 0.417. The molecule has 0 atom stereocenters. The second-order valence-electron chi connectivity index (χ2n) is 4.94. The van der Waals surface area contributed by atoms with Gasteiger partial charge in [-0.15, -0.1) is 0 Å². The molecule has 0 aliphatic rings. The molecule has 1 aromatic carbocycles. The number of Topliss-reactive ketones (excluding diaryl/α,β-unsaturated/α-hetero) is 1. The summed E-state index contributed by atoms with van der Waals surface area (Å²) in [5.74, 6) is -0.0780. The van der Waals surface area contributed by atoms with Crippen LogP contribution in [-0.2, 0) is 0 Å². The second kappa shape index (κ2) is 3.93. The van der Waals surface area contributed by atoms with Gasteiger partial charge in [-0.1, -0.05) is 20.8 Å². The van der Waals surface area contributed by atoms with E-state index in [1.807, 2.05) is 20.8 Å². The van der Waals surface area contributed by atoms with E-state index in [0.29, 0.717) is 17.7 Å². The summed E-state index contributed by atoms with van der Waals surface area (Å²) in [6, 6.07) is 4.54. The Morgan fingerprint density at radius 1 is 1.40 bits per heavy atom. The van der Waals surface area contributed by atoms with E-state index in [2.05, 4.69) is 0 Å². The van der Waals surface area contributed by atoms with Crippen LogP contribution in [-0.4, -0.2) is 10.9 Å². The van der Waals surface area contributed by atoms with Crippen LogP contribution < -0.4 is 5.73 Å². The lowest BCUT2D eigenvalue weighted by atomic mass is 9.87. The van der Waals surface area contributed by atoms with Gasteiger partial charge >= 0.3 is 0 Å². The lowest BCUT2D eigenvalue weighted by Gasteiger charge is -2.17. The molecule has 0 saturated carbocycles. The quantitative estimate of drug-likeness (QED) is 0.445. The van der Waals surface area contributed by atoms with Gasteiger partial charge in [-0.3, -0.25) is 4.79 Å². The molecule has 0 amide bonds. The molecule has 3 nitrogen and oxygen atoms in total. The third-order valence-electron chi connectivity index (χ3n) is 2.01. The van der Waals surface area contributed by atoms with Crippen molar-refractivity contribution < 1.29 is 9.90 Å². The minimum atomic E-state index is -0.0892. The first kappa shape index (κ1) is 11.6. The SMILES string of the molecule is CC(C)(C)CC(=O)c1cc(N)ccc1O. The smallest absolute Gasteiger partial charge is 0.167 e. The fourth-order valence-electron chi connectivity index (χ4n) is 1.35. The summed E-state index contributed by atoms with van der Waals surface area (Å²) in [5.41, 5.74) is 6.28. The number of phenolic OH excluding ortho intramolecular Hbond substituents is 1. The van der Waals surface area contributed by atoms with E-state index in [4.69, 9.17) is 5.73 Å². The Morgan fingerprint density at radius 3 is 2.53 bits per heavy atom. The third-order valence-corrected chi connectivity index (χ3v) is 2.01. The van der Waals surface area contributed by atoms with Gasteiger partial charge < -0.3 is 10.8 Å². The Labute approximate surface area is 89.9 Å². The normalized spacial score (nSPS) is 11.4. The molecule has 0 saturated heterocycles. The zero-order valence-corrected chi connectivity index (χ0v) is 9.37. The van der Waals surface area contributed by atoms with Gasteiger partial charge in [0.15, 0.2) is 5.78 Å². The second-order valence-corrected chi connectivity index (χ2v) is 4.94. The molecule has 0 spiro atoms. The first-order chi connectivity index (χ1) is 6.79. The van der Waals surface area contributed by atoms with Crippen molar-refractivity contribution >= 4 is 11.5 Å². The van der Waals surface area contributed by atoms with Crippen molar-refractivity contribution in [3.05, 3.63) is 23.8 Å². The number of phenols is 1. The molecule has 82 valence electrons. The van der Waals surface area contributed by atoms with Gasteiger partial charge in [0.25, 0.3) is 0 Å². The zero-order chi connectivity index (χ0) is 11.6. The average molecular weight is 207 g/mol. The van der Waals surface area contributed by atoms with Gasteiger partial charge in [0.05, 0.1) is 5.56 Å². The summed E-state index contributed by atoms with van der Waals surface area (Å²) in [4.78, 5) is 11.8.